The second-order valence-corrected chi connectivity index (χ2v) is 7.51. The van der Waals surface area contributed by atoms with Gasteiger partial charge in [0.2, 0.25) is 0 Å². The summed E-state index contributed by atoms with van der Waals surface area (Å²) in [7, 11) is 0. The summed E-state index contributed by atoms with van der Waals surface area (Å²) in [5.41, 5.74) is 2.65. The molecule has 3 amide bonds. The van der Waals surface area contributed by atoms with E-state index in [0.717, 1.165) is 43.5 Å². The van der Waals surface area contributed by atoms with Crippen molar-refractivity contribution in [1.29, 1.82) is 0 Å². The fourth-order valence-electron chi connectivity index (χ4n) is 4.15. The van der Waals surface area contributed by atoms with Gasteiger partial charge in [0.1, 0.15) is 6.04 Å². The lowest BCUT2D eigenvalue weighted by Gasteiger charge is -2.47. The molecule has 1 aromatic rings. The van der Waals surface area contributed by atoms with E-state index in [0.29, 0.717) is 11.7 Å². The Morgan fingerprint density at radius 3 is 2.76 bits per heavy atom. The molecule has 2 saturated heterocycles. The van der Waals surface area contributed by atoms with Crippen molar-refractivity contribution in [3.8, 4) is 0 Å². The molecule has 3 aliphatic rings. The summed E-state index contributed by atoms with van der Waals surface area (Å²) < 4.78 is 6.00. The molecule has 2 heterocycles. The van der Waals surface area contributed by atoms with Gasteiger partial charge in [0.25, 0.3) is 5.91 Å². The first-order valence-electron chi connectivity index (χ1n) is 9.14. The zero-order chi connectivity index (χ0) is 17.6. The van der Waals surface area contributed by atoms with Gasteiger partial charge in [-0.05, 0) is 63.6 Å². The second-order valence-electron chi connectivity index (χ2n) is 7.51. The number of hydrogen-bond donors (Lipinski definition) is 2. The molecule has 1 aliphatic carbocycles. The van der Waals surface area contributed by atoms with Gasteiger partial charge in [0.15, 0.2) is 0 Å². The molecule has 6 heteroatoms. The number of anilines is 2. The monoisotopic (exact) mass is 343 g/mol. The minimum Gasteiger partial charge on any atom is -0.382 e. The van der Waals surface area contributed by atoms with Gasteiger partial charge in [-0.2, -0.15) is 0 Å². The highest BCUT2D eigenvalue weighted by atomic mass is 16.5. The maximum Gasteiger partial charge on any atom is 0.329 e. The third-order valence-corrected chi connectivity index (χ3v) is 5.80. The van der Waals surface area contributed by atoms with Crippen LogP contribution in [0.4, 0.5) is 16.2 Å². The van der Waals surface area contributed by atoms with E-state index in [2.05, 4.69) is 10.6 Å². The number of imide groups is 1. The largest absolute Gasteiger partial charge is 0.382 e. The second kappa shape index (κ2) is 6.02. The topological polar surface area (TPSA) is 70.7 Å². The van der Waals surface area contributed by atoms with Crippen LogP contribution in [0.15, 0.2) is 18.2 Å². The van der Waals surface area contributed by atoms with Gasteiger partial charge in [-0.3, -0.25) is 4.79 Å². The van der Waals surface area contributed by atoms with Gasteiger partial charge in [-0.15, -0.1) is 0 Å². The molecule has 0 bridgehead atoms. The van der Waals surface area contributed by atoms with Crippen LogP contribution in [0, 0.1) is 6.92 Å². The SMILES string of the molecule is Cc1c(N[C@H]2CCOC3(CCC3)C2)cccc1N1C(=O)N[C@@H](C)C1=O. The van der Waals surface area contributed by atoms with Crippen molar-refractivity contribution in [3.63, 3.8) is 0 Å². The smallest absolute Gasteiger partial charge is 0.329 e. The molecule has 0 aromatic heterocycles. The lowest BCUT2D eigenvalue weighted by Crippen LogP contribution is -2.49. The van der Waals surface area contributed by atoms with E-state index in [1.54, 1.807) is 6.92 Å². The quantitative estimate of drug-likeness (QED) is 0.828. The number of carbonyl (C=O) groups is 2. The molecule has 0 unspecified atom stereocenters. The Morgan fingerprint density at radius 2 is 2.12 bits per heavy atom. The van der Waals surface area contributed by atoms with Crippen molar-refractivity contribution in [2.75, 3.05) is 16.8 Å². The molecule has 1 spiro atoms. The van der Waals surface area contributed by atoms with E-state index in [-0.39, 0.29) is 17.5 Å². The number of urea groups is 1. The van der Waals surface area contributed by atoms with Crippen LogP contribution in [0.2, 0.25) is 0 Å². The molecule has 1 aromatic carbocycles. The Kier molecular flexibility index (Phi) is 3.95. The van der Waals surface area contributed by atoms with Crippen molar-refractivity contribution >= 4 is 23.3 Å². The zero-order valence-corrected chi connectivity index (χ0v) is 14.8. The first-order chi connectivity index (χ1) is 12.0. The minimum absolute atomic E-state index is 0.0850. The molecule has 4 rings (SSSR count). The molecular weight excluding hydrogens is 318 g/mol. The Balaban J connectivity index is 1.55. The predicted octanol–water partition coefficient (Wildman–Crippen LogP) is 2.95. The Morgan fingerprint density at radius 1 is 1.32 bits per heavy atom. The number of nitrogens with zero attached hydrogens (tertiary/aromatic N) is 1. The summed E-state index contributed by atoms with van der Waals surface area (Å²) >= 11 is 0. The van der Waals surface area contributed by atoms with Crippen LogP contribution in [0.5, 0.6) is 0 Å². The lowest BCUT2D eigenvalue weighted by atomic mass is 9.74. The highest BCUT2D eigenvalue weighted by Gasteiger charge is 2.42. The van der Waals surface area contributed by atoms with Crippen LogP contribution in [-0.2, 0) is 9.53 Å². The highest BCUT2D eigenvalue weighted by molar-refractivity contribution is 6.21. The first kappa shape index (κ1) is 16.4. The van der Waals surface area contributed by atoms with Gasteiger partial charge in [0.05, 0.1) is 11.3 Å². The number of nitrogens with one attached hydrogen (secondary N) is 2. The van der Waals surface area contributed by atoms with Gasteiger partial charge >= 0.3 is 6.03 Å². The lowest BCUT2D eigenvalue weighted by molar-refractivity contribution is -0.130. The number of amides is 3. The van der Waals surface area contributed by atoms with E-state index in [1.165, 1.54) is 11.3 Å². The van der Waals surface area contributed by atoms with Gasteiger partial charge in [0, 0.05) is 18.3 Å². The third-order valence-electron chi connectivity index (χ3n) is 5.80. The Bertz CT molecular complexity index is 714. The molecule has 6 nitrogen and oxygen atoms in total. The average molecular weight is 343 g/mol. The summed E-state index contributed by atoms with van der Waals surface area (Å²) in [5, 5.41) is 6.30. The molecule has 2 N–H and O–H groups in total. The minimum atomic E-state index is -0.475. The molecule has 2 atom stereocenters. The molecule has 3 fully saturated rings. The van der Waals surface area contributed by atoms with Crippen molar-refractivity contribution in [1.82, 2.24) is 5.32 Å². The molecular formula is C19H25N3O3. The molecule has 0 radical (unpaired) electrons. The molecule has 134 valence electrons. The normalized spacial score (nSPS) is 28.0. The zero-order valence-electron chi connectivity index (χ0n) is 14.8. The number of carbonyl (C=O) groups excluding carboxylic acids is 2. The maximum atomic E-state index is 12.3. The summed E-state index contributed by atoms with van der Waals surface area (Å²) in [6.45, 7) is 4.46. The van der Waals surface area contributed by atoms with Crippen LogP contribution in [0.3, 0.4) is 0 Å². The summed E-state index contributed by atoms with van der Waals surface area (Å²) in [5.74, 6) is -0.204. The van der Waals surface area contributed by atoms with Crippen molar-refractivity contribution < 1.29 is 14.3 Å². The van der Waals surface area contributed by atoms with E-state index in [1.807, 2.05) is 25.1 Å². The van der Waals surface area contributed by atoms with Crippen LogP contribution in [0.1, 0.15) is 44.6 Å². The van der Waals surface area contributed by atoms with Crippen molar-refractivity contribution in [2.45, 2.75) is 63.6 Å². The number of rotatable bonds is 3. The fraction of sp³-hybridized carbons (Fsp3) is 0.579. The third kappa shape index (κ3) is 2.78. The van der Waals surface area contributed by atoms with Crippen molar-refractivity contribution in [3.05, 3.63) is 23.8 Å². The van der Waals surface area contributed by atoms with E-state index in [4.69, 9.17) is 4.74 Å². The summed E-state index contributed by atoms with van der Waals surface area (Å²) in [4.78, 5) is 25.7. The van der Waals surface area contributed by atoms with E-state index >= 15 is 0 Å². The standard InChI is InChI=1S/C19H25N3O3/c1-12-15(21-14-7-10-25-19(11-14)8-4-9-19)5-3-6-16(12)22-17(23)13(2)20-18(22)24/h3,5-6,13-14,21H,4,7-11H2,1-2H3,(H,20,24)/t13-,14-/m0/s1. The number of ether oxygens (including phenoxy) is 1. The van der Waals surface area contributed by atoms with Gasteiger partial charge < -0.3 is 15.4 Å². The average Bonchev–Trinajstić information content (AvgIpc) is 2.81. The molecule has 1 saturated carbocycles. The van der Waals surface area contributed by atoms with E-state index in [9.17, 15) is 9.59 Å². The van der Waals surface area contributed by atoms with Crippen LogP contribution >= 0.6 is 0 Å². The fourth-order valence-corrected chi connectivity index (χ4v) is 4.15. The first-order valence-corrected chi connectivity index (χ1v) is 9.14. The Labute approximate surface area is 147 Å². The Hall–Kier alpha value is -2.08. The predicted molar refractivity (Wildman–Crippen MR) is 95.8 cm³/mol. The highest BCUT2D eigenvalue weighted by Crippen LogP contribution is 2.43. The summed E-state index contributed by atoms with van der Waals surface area (Å²) in [6.07, 6.45) is 5.57. The van der Waals surface area contributed by atoms with Crippen LogP contribution < -0.4 is 15.5 Å². The summed E-state index contributed by atoms with van der Waals surface area (Å²) in [6, 6.07) is 5.28. The number of hydrogen-bond acceptors (Lipinski definition) is 4. The van der Waals surface area contributed by atoms with Crippen LogP contribution in [-0.4, -0.2) is 36.2 Å². The van der Waals surface area contributed by atoms with Gasteiger partial charge in [-0.1, -0.05) is 6.07 Å². The van der Waals surface area contributed by atoms with Crippen LogP contribution in [0.25, 0.3) is 0 Å². The number of benzene rings is 1. The van der Waals surface area contributed by atoms with Crippen molar-refractivity contribution in [2.24, 2.45) is 0 Å². The molecule has 25 heavy (non-hydrogen) atoms. The molecule has 2 aliphatic heterocycles. The van der Waals surface area contributed by atoms with E-state index < -0.39 is 6.04 Å². The maximum absolute atomic E-state index is 12.3. The van der Waals surface area contributed by atoms with Gasteiger partial charge in [-0.25, -0.2) is 9.69 Å².